The van der Waals surface area contributed by atoms with Crippen molar-refractivity contribution in [3.05, 3.63) is 18.1 Å². The molecule has 0 aliphatic carbocycles. The van der Waals surface area contributed by atoms with Crippen molar-refractivity contribution in [2.45, 2.75) is 33.3 Å². The summed E-state index contributed by atoms with van der Waals surface area (Å²) in [5.41, 5.74) is 0.880. The molecule has 0 saturated heterocycles. The molecule has 1 N–H and O–H groups in total. The fourth-order valence-corrected chi connectivity index (χ4v) is 1.09. The number of hydrogen-bond acceptors (Lipinski definition) is 4. The van der Waals surface area contributed by atoms with Crippen molar-refractivity contribution < 1.29 is 4.74 Å². The van der Waals surface area contributed by atoms with E-state index in [4.69, 9.17) is 4.74 Å². The summed E-state index contributed by atoms with van der Waals surface area (Å²) in [6.45, 7) is 6.46. The van der Waals surface area contributed by atoms with Crippen LogP contribution in [0.3, 0.4) is 0 Å². The molecule has 0 amide bonds. The van der Waals surface area contributed by atoms with Gasteiger partial charge in [-0.2, -0.15) is 0 Å². The summed E-state index contributed by atoms with van der Waals surface area (Å²) in [6, 6.07) is 0. The Morgan fingerprint density at radius 2 is 2.07 bits per heavy atom. The molecule has 0 unspecified atom stereocenters. The maximum atomic E-state index is 5.37. The van der Waals surface area contributed by atoms with Crippen LogP contribution in [0, 0.1) is 0 Å². The molecule has 0 aromatic carbocycles. The van der Waals surface area contributed by atoms with Gasteiger partial charge in [0.2, 0.25) is 0 Å². The van der Waals surface area contributed by atoms with E-state index in [-0.39, 0.29) is 0 Å². The molecule has 0 atom stereocenters. The highest BCUT2D eigenvalue weighted by molar-refractivity contribution is 5.30. The molecule has 84 valence electrons. The average molecular weight is 209 g/mol. The van der Waals surface area contributed by atoms with Gasteiger partial charge in [-0.1, -0.05) is 13.8 Å². The van der Waals surface area contributed by atoms with Gasteiger partial charge in [0.05, 0.1) is 24.7 Å². The molecule has 1 aromatic heterocycles. The number of nitrogens with zero attached hydrogens (tertiary/aromatic N) is 2. The molecule has 0 bridgehead atoms. The van der Waals surface area contributed by atoms with Gasteiger partial charge in [0.15, 0.2) is 0 Å². The number of anilines is 1. The Morgan fingerprint density at radius 1 is 1.20 bits per heavy atom. The lowest BCUT2D eigenvalue weighted by Gasteiger charge is -2.04. The maximum Gasteiger partial charge on any atom is 0.144 e. The molecule has 0 saturated carbocycles. The largest absolute Gasteiger partial charge is 0.375 e. The summed E-state index contributed by atoms with van der Waals surface area (Å²) in [5.74, 6) is 0.830. The Morgan fingerprint density at radius 3 is 2.67 bits per heavy atom. The summed E-state index contributed by atoms with van der Waals surface area (Å²) >= 11 is 0. The van der Waals surface area contributed by atoms with Crippen LogP contribution >= 0.6 is 0 Å². The van der Waals surface area contributed by atoms with Crippen molar-refractivity contribution in [3.63, 3.8) is 0 Å². The molecular weight excluding hydrogens is 190 g/mol. The van der Waals surface area contributed by atoms with Crippen molar-refractivity contribution in [2.24, 2.45) is 0 Å². The zero-order valence-electron chi connectivity index (χ0n) is 9.49. The molecule has 15 heavy (non-hydrogen) atoms. The van der Waals surface area contributed by atoms with Crippen LogP contribution in [0.5, 0.6) is 0 Å². The molecule has 0 aliphatic heterocycles. The number of nitrogens with one attached hydrogen (secondary N) is 1. The third-order valence-electron chi connectivity index (χ3n) is 1.86. The van der Waals surface area contributed by atoms with Crippen LogP contribution in [-0.2, 0) is 11.3 Å². The quantitative estimate of drug-likeness (QED) is 0.699. The van der Waals surface area contributed by atoms with Gasteiger partial charge in [0, 0.05) is 13.2 Å². The second-order valence-corrected chi connectivity index (χ2v) is 3.37. The first kappa shape index (κ1) is 11.9. The van der Waals surface area contributed by atoms with Crippen molar-refractivity contribution in [1.82, 2.24) is 9.97 Å². The number of rotatable bonds is 7. The monoisotopic (exact) mass is 209 g/mol. The standard InChI is InChI=1S/C11H19N3O/c1-3-5-12-11-8-13-10(7-14-11)9-15-6-4-2/h7-8H,3-6,9H2,1-2H3,(H,12,14). The molecule has 0 fully saturated rings. The Balaban J connectivity index is 2.35. The predicted molar refractivity (Wildman–Crippen MR) is 60.8 cm³/mol. The van der Waals surface area contributed by atoms with E-state index < -0.39 is 0 Å². The van der Waals surface area contributed by atoms with Crippen LogP contribution in [0.25, 0.3) is 0 Å². The Bertz CT molecular complexity index is 261. The summed E-state index contributed by atoms with van der Waals surface area (Å²) < 4.78 is 5.37. The molecule has 0 spiro atoms. The van der Waals surface area contributed by atoms with Crippen LogP contribution in [0.1, 0.15) is 32.4 Å². The lowest BCUT2D eigenvalue weighted by molar-refractivity contribution is 0.118. The van der Waals surface area contributed by atoms with E-state index in [0.29, 0.717) is 6.61 Å². The first-order chi connectivity index (χ1) is 7.36. The van der Waals surface area contributed by atoms with E-state index in [0.717, 1.165) is 37.5 Å². The van der Waals surface area contributed by atoms with Gasteiger partial charge in [-0.15, -0.1) is 0 Å². The molecule has 4 nitrogen and oxygen atoms in total. The minimum atomic E-state index is 0.550. The highest BCUT2D eigenvalue weighted by Crippen LogP contribution is 2.02. The summed E-state index contributed by atoms with van der Waals surface area (Å²) in [5, 5.41) is 3.17. The lowest BCUT2D eigenvalue weighted by Crippen LogP contribution is -2.04. The molecule has 0 aliphatic rings. The summed E-state index contributed by atoms with van der Waals surface area (Å²) in [4.78, 5) is 8.49. The first-order valence-corrected chi connectivity index (χ1v) is 5.49. The second kappa shape index (κ2) is 7.17. The van der Waals surface area contributed by atoms with Gasteiger partial charge in [0.25, 0.3) is 0 Å². The van der Waals surface area contributed by atoms with Gasteiger partial charge < -0.3 is 10.1 Å². The van der Waals surface area contributed by atoms with Crippen molar-refractivity contribution >= 4 is 5.82 Å². The third kappa shape index (κ3) is 4.74. The van der Waals surface area contributed by atoms with Crippen LogP contribution in [0.15, 0.2) is 12.4 Å². The lowest BCUT2D eigenvalue weighted by atomic mass is 10.4. The van der Waals surface area contributed by atoms with Gasteiger partial charge >= 0.3 is 0 Å². The van der Waals surface area contributed by atoms with Gasteiger partial charge in [-0.3, -0.25) is 4.98 Å². The van der Waals surface area contributed by atoms with Gasteiger partial charge in [-0.25, -0.2) is 4.98 Å². The van der Waals surface area contributed by atoms with Crippen molar-refractivity contribution in [2.75, 3.05) is 18.5 Å². The fraction of sp³-hybridized carbons (Fsp3) is 0.636. The van der Waals surface area contributed by atoms with E-state index >= 15 is 0 Å². The Kier molecular flexibility index (Phi) is 5.70. The summed E-state index contributed by atoms with van der Waals surface area (Å²) in [7, 11) is 0. The molecule has 4 heteroatoms. The van der Waals surface area contributed by atoms with Crippen molar-refractivity contribution in [3.8, 4) is 0 Å². The van der Waals surface area contributed by atoms with E-state index in [1.165, 1.54) is 0 Å². The zero-order chi connectivity index (χ0) is 10.9. The second-order valence-electron chi connectivity index (χ2n) is 3.37. The van der Waals surface area contributed by atoms with Crippen LogP contribution in [0.2, 0.25) is 0 Å². The number of ether oxygens (including phenoxy) is 1. The maximum absolute atomic E-state index is 5.37. The smallest absolute Gasteiger partial charge is 0.144 e. The molecule has 0 radical (unpaired) electrons. The predicted octanol–water partition coefficient (Wildman–Crippen LogP) is 2.23. The SMILES string of the molecule is CCCNc1cnc(COCCC)cn1. The Labute approximate surface area is 91.1 Å². The molecular formula is C11H19N3O. The minimum absolute atomic E-state index is 0.550. The van der Waals surface area contributed by atoms with E-state index in [2.05, 4.69) is 29.1 Å². The zero-order valence-corrected chi connectivity index (χ0v) is 9.49. The van der Waals surface area contributed by atoms with E-state index in [1.54, 1.807) is 12.4 Å². The highest BCUT2D eigenvalue weighted by Gasteiger charge is 1.96. The minimum Gasteiger partial charge on any atom is -0.375 e. The fourth-order valence-electron chi connectivity index (χ4n) is 1.09. The van der Waals surface area contributed by atoms with E-state index in [9.17, 15) is 0 Å². The molecule has 1 aromatic rings. The Hall–Kier alpha value is -1.16. The van der Waals surface area contributed by atoms with Crippen LogP contribution in [0.4, 0.5) is 5.82 Å². The van der Waals surface area contributed by atoms with Gasteiger partial charge in [-0.05, 0) is 12.8 Å². The summed E-state index contributed by atoms with van der Waals surface area (Å²) in [6.07, 6.45) is 5.63. The molecule has 1 heterocycles. The van der Waals surface area contributed by atoms with E-state index in [1.807, 2.05) is 0 Å². The molecule has 1 rings (SSSR count). The van der Waals surface area contributed by atoms with Crippen molar-refractivity contribution in [1.29, 1.82) is 0 Å². The van der Waals surface area contributed by atoms with Crippen LogP contribution in [-0.4, -0.2) is 23.1 Å². The third-order valence-corrected chi connectivity index (χ3v) is 1.86. The number of hydrogen-bond donors (Lipinski definition) is 1. The average Bonchev–Trinajstić information content (AvgIpc) is 2.28. The first-order valence-electron chi connectivity index (χ1n) is 5.49. The van der Waals surface area contributed by atoms with Gasteiger partial charge in [0.1, 0.15) is 5.82 Å². The highest BCUT2D eigenvalue weighted by atomic mass is 16.5. The topological polar surface area (TPSA) is 47.0 Å². The number of aromatic nitrogens is 2. The van der Waals surface area contributed by atoms with Crippen LogP contribution < -0.4 is 5.32 Å². The normalized spacial score (nSPS) is 10.3.